The zero-order valence-electron chi connectivity index (χ0n) is 11.3. The van der Waals surface area contributed by atoms with Crippen LogP contribution in [0.1, 0.15) is 22.8 Å². The third-order valence-corrected chi connectivity index (χ3v) is 2.87. The van der Waals surface area contributed by atoms with Gasteiger partial charge in [0, 0.05) is 11.1 Å². The molecule has 1 aromatic heterocycles. The third kappa shape index (κ3) is 2.73. The summed E-state index contributed by atoms with van der Waals surface area (Å²) in [7, 11) is 1.62. The van der Waals surface area contributed by atoms with E-state index in [9.17, 15) is 0 Å². The number of nitrogens with zero attached hydrogens (tertiary/aromatic N) is 3. The Balaban J connectivity index is 2.39. The summed E-state index contributed by atoms with van der Waals surface area (Å²) in [6.07, 6.45) is 0. The average molecular weight is 259 g/mol. The number of aromatic nitrogens is 3. The third-order valence-electron chi connectivity index (χ3n) is 2.87. The molecule has 0 aliphatic heterocycles. The van der Waals surface area contributed by atoms with Crippen LogP contribution in [-0.4, -0.2) is 27.7 Å². The molecule has 0 fully saturated rings. The quantitative estimate of drug-likeness (QED) is 0.638. The average Bonchev–Trinajstić information content (AvgIpc) is 2.67. The highest BCUT2D eigenvalue weighted by molar-refractivity contribution is 5.95. The van der Waals surface area contributed by atoms with Crippen molar-refractivity contribution in [2.24, 2.45) is 5.73 Å². The lowest BCUT2D eigenvalue weighted by Crippen LogP contribution is -2.13. The van der Waals surface area contributed by atoms with Gasteiger partial charge in [-0.05, 0) is 32.0 Å². The summed E-state index contributed by atoms with van der Waals surface area (Å²) >= 11 is 0. The van der Waals surface area contributed by atoms with Gasteiger partial charge < -0.3 is 10.5 Å². The van der Waals surface area contributed by atoms with E-state index in [4.69, 9.17) is 15.9 Å². The van der Waals surface area contributed by atoms with Crippen LogP contribution in [-0.2, 0) is 6.54 Å². The van der Waals surface area contributed by atoms with Crippen molar-refractivity contribution in [3.05, 3.63) is 41.0 Å². The SMILES string of the molecule is COc1ccc(C(=N)N)cc1Cn1nc(C)nc1C. The summed E-state index contributed by atoms with van der Waals surface area (Å²) in [5.41, 5.74) is 7.10. The molecule has 0 radical (unpaired) electrons. The first-order valence-corrected chi connectivity index (χ1v) is 5.90. The molecule has 0 unspecified atom stereocenters. The fourth-order valence-corrected chi connectivity index (χ4v) is 1.94. The van der Waals surface area contributed by atoms with Gasteiger partial charge in [-0.3, -0.25) is 5.41 Å². The van der Waals surface area contributed by atoms with E-state index in [1.54, 1.807) is 17.9 Å². The van der Waals surface area contributed by atoms with Gasteiger partial charge in [0.05, 0.1) is 13.7 Å². The minimum atomic E-state index is 0.0374. The Bertz CT molecular complexity index is 617. The summed E-state index contributed by atoms with van der Waals surface area (Å²) in [4.78, 5) is 4.26. The van der Waals surface area contributed by atoms with Gasteiger partial charge in [0.25, 0.3) is 0 Å². The zero-order chi connectivity index (χ0) is 14.0. The molecule has 6 heteroatoms. The van der Waals surface area contributed by atoms with Gasteiger partial charge in [0.2, 0.25) is 0 Å². The number of nitrogens with two attached hydrogens (primary N) is 1. The highest BCUT2D eigenvalue weighted by Gasteiger charge is 2.10. The van der Waals surface area contributed by atoms with Crippen molar-refractivity contribution in [2.75, 3.05) is 7.11 Å². The van der Waals surface area contributed by atoms with Gasteiger partial charge in [-0.1, -0.05) is 0 Å². The maximum atomic E-state index is 7.49. The standard InChI is InChI=1S/C13H17N5O/c1-8-16-9(2)18(17-8)7-11-6-10(13(14)15)4-5-12(11)19-3/h4-6H,7H2,1-3H3,(H3,14,15). The van der Waals surface area contributed by atoms with E-state index in [2.05, 4.69) is 10.1 Å². The minimum Gasteiger partial charge on any atom is -0.496 e. The van der Waals surface area contributed by atoms with Crippen molar-refractivity contribution in [1.29, 1.82) is 5.41 Å². The summed E-state index contributed by atoms with van der Waals surface area (Å²) in [6.45, 7) is 4.30. The number of methoxy groups -OCH3 is 1. The molecule has 0 atom stereocenters. The summed E-state index contributed by atoms with van der Waals surface area (Å²) < 4.78 is 7.13. The van der Waals surface area contributed by atoms with Crippen molar-refractivity contribution in [3.8, 4) is 5.75 Å². The van der Waals surface area contributed by atoms with Crippen LogP contribution >= 0.6 is 0 Å². The first-order chi connectivity index (χ1) is 9.01. The Morgan fingerprint density at radius 3 is 2.68 bits per heavy atom. The molecule has 0 amide bonds. The molecule has 2 rings (SSSR count). The molecule has 0 bridgehead atoms. The van der Waals surface area contributed by atoms with Crippen LogP contribution in [0.2, 0.25) is 0 Å². The van der Waals surface area contributed by atoms with E-state index < -0.39 is 0 Å². The molecule has 0 aliphatic rings. The van der Waals surface area contributed by atoms with Crippen LogP contribution in [0, 0.1) is 19.3 Å². The molecule has 2 aromatic rings. The maximum absolute atomic E-state index is 7.49. The van der Waals surface area contributed by atoms with Crippen LogP contribution in [0.4, 0.5) is 0 Å². The number of hydrogen-bond acceptors (Lipinski definition) is 4. The van der Waals surface area contributed by atoms with E-state index >= 15 is 0 Å². The maximum Gasteiger partial charge on any atom is 0.147 e. The van der Waals surface area contributed by atoms with Gasteiger partial charge in [-0.15, -0.1) is 0 Å². The summed E-state index contributed by atoms with van der Waals surface area (Å²) in [5, 5.41) is 11.8. The Kier molecular flexibility index (Phi) is 3.50. The second kappa shape index (κ2) is 5.09. The highest BCUT2D eigenvalue weighted by Crippen LogP contribution is 2.21. The number of rotatable bonds is 4. The molecular weight excluding hydrogens is 242 g/mol. The fraction of sp³-hybridized carbons (Fsp3) is 0.308. The topological polar surface area (TPSA) is 89.8 Å². The molecule has 3 N–H and O–H groups in total. The fourth-order valence-electron chi connectivity index (χ4n) is 1.94. The number of hydrogen-bond donors (Lipinski definition) is 2. The van der Waals surface area contributed by atoms with Crippen LogP contribution in [0.25, 0.3) is 0 Å². The van der Waals surface area contributed by atoms with E-state index in [1.165, 1.54) is 0 Å². The molecule has 0 saturated heterocycles. The van der Waals surface area contributed by atoms with E-state index in [1.807, 2.05) is 26.0 Å². The number of ether oxygens (including phenoxy) is 1. The van der Waals surface area contributed by atoms with Gasteiger partial charge >= 0.3 is 0 Å². The van der Waals surface area contributed by atoms with E-state index in [-0.39, 0.29) is 5.84 Å². The molecular formula is C13H17N5O. The zero-order valence-corrected chi connectivity index (χ0v) is 11.3. The summed E-state index contributed by atoms with van der Waals surface area (Å²) in [5.74, 6) is 2.36. The second-order valence-electron chi connectivity index (χ2n) is 4.30. The minimum absolute atomic E-state index is 0.0374. The Morgan fingerprint density at radius 2 is 2.16 bits per heavy atom. The molecule has 0 saturated carbocycles. The number of aryl methyl sites for hydroxylation is 2. The Labute approximate surface area is 111 Å². The van der Waals surface area contributed by atoms with E-state index in [0.717, 1.165) is 23.0 Å². The number of amidine groups is 1. The number of nitrogens with one attached hydrogen (secondary N) is 1. The first kappa shape index (κ1) is 13.1. The smallest absolute Gasteiger partial charge is 0.147 e. The van der Waals surface area contributed by atoms with Crippen molar-refractivity contribution >= 4 is 5.84 Å². The lowest BCUT2D eigenvalue weighted by atomic mass is 10.1. The molecule has 6 nitrogen and oxygen atoms in total. The Morgan fingerprint density at radius 1 is 1.42 bits per heavy atom. The highest BCUT2D eigenvalue weighted by atomic mass is 16.5. The lowest BCUT2D eigenvalue weighted by molar-refractivity contribution is 0.407. The Hall–Kier alpha value is -2.37. The second-order valence-corrected chi connectivity index (χ2v) is 4.30. The van der Waals surface area contributed by atoms with Crippen LogP contribution in [0.15, 0.2) is 18.2 Å². The van der Waals surface area contributed by atoms with Gasteiger partial charge in [-0.2, -0.15) is 5.10 Å². The molecule has 0 spiro atoms. The summed E-state index contributed by atoms with van der Waals surface area (Å²) in [6, 6.07) is 5.42. The number of nitrogen functional groups attached to an aromatic ring is 1. The van der Waals surface area contributed by atoms with Gasteiger partial charge in [-0.25, -0.2) is 9.67 Å². The molecule has 100 valence electrons. The van der Waals surface area contributed by atoms with Crippen LogP contribution < -0.4 is 10.5 Å². The molecule has 1 aromatic carbocycles. The van der Waals surface area contributed by atoms with Crippen molar-refractivity contribution in [3.63, 3.8) is 0 Å². The van der Waals surface area contributed by atoms with E-state index in [0.29, 0.717) is 12.1 Å². The predicted octanol–water partition coefficient (Wildman–Crippen LogP) is 1.24. The molecule has 19 heavy (non-hydrogen) atoms. The van der Waals surface area contributed by atoms with Gasteiger partial charge in [0.15, 0.2) is 0 Å². The van der Waals surface area contributed by atoms with Crippen LogP contribution in [0.5, 0.6) is 5.75 Å². The van der Waals surface area contributed by atoms with Crippen molar-refractivity contribution < 1.29 is 4.74 Å². The van der Waals surface area contributed by atoms with Crippen LogP contribution in [0.3, 0.4) is 0 Å². The van der Waals surface area contributed by atoms with Crippen molar-refractivity contribution in [1.82, 2.24) is 14.8 Å². The predicted molar refractivity (Wildman–Crippen MR) is 72.6 cm³/mol. The van der Waals surface area contributed by atoms with Gasteiger partial charge in [0.1, 0.15) is 23.2 Å². The number of benzene rings is 1. The van der Waals surface area contributed by atoms with Crippen molar-refractivity contribution in [2.45, 2.75) is 20.4 Å². The normalized spacial score (nSPS) is 10.5. The monoisotopic (exact) mass is 259 g/mol. The first-order valence-electron chi connectivity index (χ1n) is 5.90. The molecule has 1 heterocycles. The lowest BCUT2D eigenvalue weighted by Gasteiger charge is -2.11. The molecule has 0 aliphatic carbocycles. The largest absolute Gasteiger partial charge is 0.496 e.